The van der Waals surface area contributed by atoms with Crippen LogP contribution in [-0.4, -0.2) is 50.9 Å². The molecule has 2 aliphatic rings. The Balaban J connectivity index is 1.22. The highest BCUT2D eigenvalue weighted by Crippen LogP contribution is 2.44. The van der Waals surface area contributed by atoms with Crippen LogP contribution < -0.4 is 0 Å². The van der Waals surface area contributed by atoms with Crippen LogP contribution in [0.1, 0.15) is 74.5 Å². The van der Waals surface area contributed by atoms with E-state index < -0.39 is 12.1 Å². The molecule has 9 heteroatoms. The van der Waals surface area contributed by atoms with Gasteiger partial charge in [-0.25, -0.2) is 0 Å². The van der Waals surface area contributed by atoms with E-state index in [0.717, 1.165) is 43.4 Å². The Hall–Kier alpha value is -2.45. The van der Waals surface area contributed by atoms with Gasteiger partial charge >= 0.3 is 5.97 Å². The molecule has 5 rings (SSSR count). The van der Waals surface area contributed by atoms with Crippen LogP contribution in [0.25, 0.3) is 11.4 Å². The Bertz CT molecular complexity index is 1250. The van der Waals surface area contributed by atoms with Gasteiger partial charge in [-0.15, -0.1) is 0 Å². The molecule has 1 saturated heterocycles. The summed E-state index contributed by atoms with van der Waals surface area (Å²) in [5.74, 6) is -0.00187. The van der Waals surface area contributed by atoms with Crippen molar-refractivity contribution in [3.8, 4) is 11.4 Å². The number of carboxylic acids is 1. The molecule has 2 aromatic carbocycles. The molecule has 0 spiro atoms. The van der Waals surface area contributed by atoms with Gasteiger partial charge in [0, 0.05) is 35.1 Å². The molecule has 0 amide bonds. The van der Waals surface area contributed by atoms with Crippen molar-refractivity contribution in [2.45, 2.75) is 69.3 Å². The van der Waals surface area contributed by atoms with Gasteiger partial charge in [0.2, 0.25) is 11.7 Å². The van der Waals surface area contributed by atoms with E-state index in [2.05, 4.69) is 10.1 Å². The molecular formula is C30H35Cl2N3O4. The van der Waals surface area contributed by atoms with E-state index in [9.17, 15) is 15.0 Å². The highest BCUT2D eigenvalue weighted by Gasteiger charge is 2.34. The van der Waals surface area contributed by atoms with Crippen LogP contribution in [0.2, 0.25) is 10.0 Å². The number of β-amino-alcohol motifs (C(OH)–C–C–N with tert-alkyl or cyclic N) is 1. The van der Waals surface area contributed by atoms with Crippen molar-refractivity contribution in [3.05, 3.63) is 69.5 Å². The Morgan fingerprint density at radius 2 is 1.79 bits per heavy atom. The van der Waals surface area contributed by atoms with Crippen molar-refractivity contribution in [2.75, 3.05) is 19.6 Å². The van der Waals surface area contributed by atoms with Gasteiger partial charge in [0.15, 0.2) is 0 Å². The number of aliphatic carboxylic acids is 1. The highest BCUT2D eigenvalue weighted by atomic mass is 35.5. The Kier molecular flexibility index (Phi) is 8.92. The van der Waals surface area contributed by atoms with E-state index >= 15 is 0 Å². The number of benzene rings is 2. The molecule has 39 heavy (non-hydrogen) atoms. The summed E-state index contributed by atoms with van der Waals surface area (Å²) in [6, 6.07) is 13.4. The lowest BCUT2D eigenvalue weighted by Gasteiger charge is -2.38. The minimum Gasteiger partial charge on any atom is -0.481 e. The molecule has 0 radical (unpaired) electrons. The number of carboxylic acid groups (broad SMARTS) is 1. The molecule has 1 unspecified atom stereocenters. The predicted molar refractivity (Wildman–Crippen MR) is 151 cm³/mol. The van der Waals surface area contributed by atoms with E-state index in [0.29, 0.717) is 47.7 Å². The summed E-state index contributed by atoms with van der Waals surface area (Å²) in [6.45, 7) is 1.69. The number of aliphatic hydroxyl groups excluding tert-OH is 1. The van der Waals surface area contributed by atoms with Gasteiger partial charge in [0.25, 0.3) is 0 Å². The summed E-state index contributed by atoms with van der Waals surface area (Å²) in [6.07, 6.45) is 8.15. The number of aromatic nitrogens is 2. The summed E-state index contributed by atoms with van der Waals surface area (Å²) in [5.41, 5.74) is 2.78. The molecule has 3 aromatic rings. The number of rotatable bonds is 9. The minimum atomic E-state index is -0.763. The first kappa shape index (κ1) is 28.1. The molecule has 1 aliphatic carbocycles. The maximum atomic E-state index is 11.3. The molecule has 2 atom stereocenters. The summed E-state index contributed by atoms with van der Waals surface area (Å²) >= 11 is 12.7. The number of hydrogen-bond donors (Lipinski definition) is 2. The molecule has 208 valence electrons. The fourth-order valence-electron chi connectivity index (χ4n) is 6.22. The fourth-order valence-corrected chi connectivity index (χ4v) is 6.74. The molecule has 2 N–H and O–H groups in total. The first-order valence-corrected chi connectivity index (χ1v) is 14.6. The van der Waals surface area contributed by atoms with E-state index in [1.165, 1.54) is 24.8 Å². The van der Waals surface area contributed by atoms with Gasteiger partial charge in [0.1, 0.15) is 0 Å². The van der Waals surface area contributed by atoms with Crippen molar-refractivity contribution in [2.24, 2.45) is 5.92 Å². The quantitative estimate of drug-likeness (QED) is 0.294. The van der Waals surface area contributed by atoms with Crippen molar-refractivity contribution in [3.63, 3.8) is 0 Å². The van der Waals surface area contributed by atoms with Gasteiger partial charge in [-0.3, -0.25) is 9.69 Å². The van der Waals surface area contributed by atoms with E-state index in [1.54, 1.807) is 6.07 Å². The van der Waals surface area contributed by atoms with Crippen molar-refractivity contribution >= 4 is 29.2 Å². The van der Waals surface area contributed by atoms with Gasteiger partial charge in [0.05, 0.1) is 12.0 Å². The van der Waals surface area contributed by atoms with Gasteiger partial charge in [-0.2, -0.15) is 4.98 Å². The monoisotopic (exact) mass is 571 g/mol. The molecule has 0 bridgehead atoms. The van der Waals surface area contributed by atoms with Crippen molar-refractivity contribution in [1.29, 1.82) is 0 Å². The SMILES string of the molecule is O=C(O)[C@H]1CCCN(CC(O)c2ccc(-c3noc(CCC4(c5cc(Cl)cc(Cl)c5)CCCCC4)n3)cc2)C1. The molecule has 1 saturated carbocycles. The molecule has 1 aromatic heterocycles. The average Bonchev–Trinajstić information content (AvgIpc) is 3.41. The number of hydrogen-bond acceptors (Lipinski definition) is 6. The Labute approximate surface area is 239 Å². The fraction of sp³-hybridized carbons (Fsp3) is 0.500. The van der Waals surface area contributed by atoms with Crippen LogP contribution in [-0.2, 0) is 16.6 Å². The van der Waals surface area contributed by atoms with E-state index in [-0.39, 0.29) is 11.3 Å². The van der Waals surface area contributed by atoms with Crippen molar-refractivity contribution in [1.82, 2.24) is 15.0 Å². The number of aryl methyl sites for hydroxylation is 1. The molecule has 2 fully saturated rings. The number of halogens is 2. The Morgan fingerprint density at radius 1 is 1.08 bits per heavy atom. The summed E-state index contributed by atoms with van der Waals surface area (Å²) in [4.78, 5) is 18.0. The highest BCUT2D eigenvalue weighted by molar-refractivity contribution is 6.34. The summed E-state index contributed by atoms with van der Waals surface area (Å²) in [7, 11) is 0. The lowest BCUT2D eigenvalue weighted by molar-refractivity contribution is -0.143. The third kappa shape index (κ3) is 6.83. The zero-order valence-electron chi connectivity index (χ0n) is 22.0. The number of piperidine rings is 1. The molecule has 7 nitrogen and oxygen atoms in total. The molecule has 1 aliphatic heterocycles. The number of nitrogens with zero attached hydrogens (tertiary/aromatic N) is 3. The molecular weight excluding hydrogens is 537 g/mol. The normalized spacial score (nSPS) is 20.5. The van der Waals surface area contributed by atoms with Crippen LogP contribution in [0.5, 0.6) is 0 Å². The number of aliphatic hydroxyl groups is 1. The van der Waals surface area contributed by atoms with E-state index in [1.807, 2.05) is 41.3 Å². The van der Waals surface area contributed by atoms with Gasteiger partial charge in [-0.05, 0) is 73.4 Å². The van der Waals surface area contributed by atoms with Gasteiger partial charge in [-0.1, -0.05) is 71.9 Å². The average molecular weight is 573 g/mol. The minimum absolute atomic E-state index is 0.00193. The Morgan fingerprint density at radius 3 is 2.49 bits per heavy atom. The third-order valence-corrected chi connectivity index (χ3v) is 8.85. The number of carbonyl (C=O) groups is 1. The first-order valence-electron chi connectivity index (χ1n) is 13.8. The first-order chi connectivity index (χ1) is 18.8. The summed E-state index contributed by atoms with van der Waals surface area (Å²) in [5, 5.41) is 25.6. The van der Waals surface area contributed by atoms with E-state index in [4.69, 9.17) is 27.7 Å². The van der Waals surface area contributed by atoms with Crippen LogP contribution in [0.3, 0.4) is 0 Å². The maximum Gasteiger partial charge on any atom is 0.307 e. The smallest absolute Gasteiger partial charge is 0.307 e. The second kappa shape index (κ2) is 12.4. The standard InChI is InChI=1S/C30H35Cl2N3O4/c31-24-15-23(16-25(32)17-24)30(11-2-1-3-12-30)13-10-27-33-28(34-39-27)21-8-6-20(7-9-21)26(36)19-35-14-4-5-22(18-35)29(37)38/h6-9,15-17,22,26,36H,1-5,10-14,18-19H2,(H,37,38)/t22-,26?/m0/s1. The lowest BCUT2D eigenvalue weighted by atomic mass is 9.67. The van der Waals surface area contributed by atoms with Gasteiger partial charge < -0.3 is 14.7 Å². The zero-order valence-corrected chi connectivity index (χ0v) is 23.5. The largest absolute Gasteiger partial charge is 0.481 e. The second-order valence-electron chi connectivity index (χ2n) is 11.1. The third-order valence-electron chi connectivity index (χ3n) is 8.41. The second-order valence-corrected chi connectivity index (χ2v) is 12.0. The molecule has 2 heterocycles. The van der Waals surface area contributed by atoms with Crippen LogP contribution in [0, 0.1) is 5.92 Å². The number of likely N-dealkylation sites (tertiary alicyclic amines) is 1. The van der Waals surface area contributed by atoms with Crippen LogP contribution in [0.15, 0.2) is 47.0 Å². The summed E-state index contributed by atoms with van der Waals surface area (Å²) < 4.78 is 5.63. The maximum absolute atomic E-state index is 11.3. The predicted octanol–water partition coefficient (Wildman–Crippen LogP) is 6.71. The zero-order chi connectivity index (χ0) is 27.4. The van der Waals surface area contributed by atoms with Crippen LogP contribution >= 0.6 is 23.2 Å². The van der Waals surface area contributed by atoms with Crippen molar-refractivity contribution < 1.29 is 19.5 Å². The lowest BCUT2D eigenvalue weighted by Crippen LogP contribution is -2.40. The topological polar surface area (TPSA) is 99.7 Å². The van der Waals surface area contributed by atoms with Crippen LogP contribution in [0.4, 0.5) is 0 Å².